The maximum Gasteiger partial charge on any atom is 0.191 e. The predicted molar refractivity (Wildman–Crippen MR) is 92.1 cm³/mol. The normalized spacial score (nSPS) is 24.6. The van der Waals surface area contributed by atoms with Gasteiger partial charge in [0.05, 0.1) is 23.4 Å². The van der Waals surface area contributed by atoms with E-state index in [2.05, 4.69) is 6.07 Å². The number of phenolic OH excluding ortho intramolecular Hbond substituents is 2. The summed E-state index contributed by atoms with van der Waals surface area (Å²) in [7, 11) is 1.91. The number of phenols is 2. The van der Waals surface area contributed by atoms with E-state index in [0.717, 1.165) is 5.57 Å². The monoisotopic (exact) mass is 347 g/mol. The molecule has 1 aromatic carbocycles. The van der Waals surface area contributed by atoms with Gasteiger partial charge in [0.1, 0.15) is 6.07 Å². The number of hydrogen-bond donors (Lipinski definition) is 3. The molecule has 3 rings (SSSR count). The molecule has 130 valence electrons. The Hall–Kier alpha value is -3.47. The molecule has 4 N–H and O–H groups in total. The average Bonchev–Trinajstić information content (AvgIpc) is 2.63. The van der Waals surface area contributed by atoms with Crippen molar-refractivity contribution in [1.82, 2.24) is 4.90 Å². The van der Waals surface area contributed by atoms with Crippen LogP contribution >= 0.6 is 0 Å². The lowest BCUT2D eigenvalue weighted by atomic mass is 9.58. The van der Waals surface area contributed by atoms with Crippen LogP contribution in [0.2, 0.25) is 0 Å². The number of rotatable bonds is 1. The second-order valence-electron chi connectivity index (χ2n) is 6.65. The van der Waals surface area contributed by atoms with Gasteiger partial charge in [0.2, 0.25) is 0 Å². The Morgan fingerprint density at radius 1 is 1.19 bits per heavy atom. The minimum absolute atomic E-state index is 0.0605. The summed E-state index contributed by atoms with van der Waals surface area (Å²) >= 11 is 0. The van der Waals surface area contributed by atoms with Crippen LogP contribution in [-0.4, -0.2) is 35.3 Å². The van der Waals surface area contributed by atoms with Gasteiger partial charge < -0.3 is 20.8 Å². The molecule has 7 nitrogen and oxygen atoms in total. The lowest BCUT2D eigenvalue weighted by molar-refractivity contribution is 0.237. The zero-order valence-electron chi connectivity index (χ0n) is 14.1. The smallest absolute Gasteiger partial charge is 0.191 e. The van der Waals surface area contributed by atoms with Gasteiger partial charge in [0, 0.05) is 24.9 Å². The fourth-order valence-corrected chi connectivity index (χ4v) is 3.93. The van der Waals surface area contributed by atoms with Crippen LogP contribution in [0.4, 0.5) is 0 Å². The van der Waals surface area contributed by atoms with Crippen LogP contribution in [0.5, 0.6) is 11.5 Å². The molecule has 1 aliphatic heterocycles. The largest absolute Gasteiger partial charge is 0.504 e. The summed E-state index contributed by atoms with van der Waals surface area (Å²) in [5.41, 5.74) is 5.79. The molecule has 26 heavy (non-hydrogen) atoms. The first kappa shape index (κ1) is 17.4. The predicted octanol–water partition coefficient (Wildman–Crippen LogP) is 1.45. The fourth-order valence-electron chi connectivity index (χ4n) is 3.93. The highest BCUT2D eigenvalue weighted by molar-refractivity contribution is 5.60. The molecule has 2 atom stereocenters. The van der Waals surface area contributed by atoms with E-state index in [1.165, 1.54) is 12.1 Å². The third-order valence-corrected chi connectivity index (χ3v) is 5.21. The highest BCUT2D eigenvalue weighted by Gasteiger charge is 2.54. The number of nitriles is 3. The SMILES string of the molecule is CN1CC=C2C(C#N)=C(N)C(C#N)(C#N)[C@H](c3ccc(O)c(O)c3)[C@@H]2C1. The molecule has 1 heterocycles. The third-order valence-electron chi connectivity index (χ3n) is 5.21. The first-order valence-electron chi connectivity index (χ1n) is 8.03. The van der Waals surface area contributed by atoms with Gasteiger partial charge in [-0.25, -0.2) is 0 Å². The molecule has 0 unspecified atom stereocenters. The maximum absolute atomic E-state index is 9.92. The van der Waals surface area contributed by atoms with E-state index >= 15 is 0 Å². The van der Waals surface area contributed by atoms with Gasteiger partial charge in [-0.1, -0.05) is 12.1 Å². The minimum atomic E-state index is -1.74. The molecule has 0 radical (unpaired) electrons. The van der Waals surface area contributed by atoms with Gasteiger partial charge >= 0.3 is 0 Å². The van der Waals surface area contributed by atoms with Crippen molar-refractivity contribution in [3.63, 3.8) is 0 Å². The van der Waals surface area contributed by atoms with Crippen LogP contribution < -0.4 is 5.73 Å². The Labute approximate surface area is 151 Å². The summed E-state index contributed by atoms with van der Waals surface area (Å²) in [4.78, 5) is 2.03. The topological polar surface area (TPSA) is 141 Å². The van der Waals surface area contributed by atoms with E-state index in [1.807, 2.05) is 30.2 Å². The summed E-state index contributed by atoms with van der Waals surface area (Å²) in [6.07, 6.45) is 1.89. The lowest BCUT2D eigenvalue weighted by Gasteiger charge is -2.45. The molecule has 1 aromatic rings. The van der Waals surface area contributed by atoms with Gasteiger partial charge in [0.15, 0.2) is 16.9 Å². The van der Waals surface area contributed by atoms with E-state index in [1.54, 1.807) is 6.07 Å². The van der Waals surface area contributed by atoms with Gasteiger partial charge in [0.25, 0.3) is 0 Å². The van der Waals surface area contributed by atoms with Gasteiger partial charge in [-0.15, -0.1) is 0 Å². The van der Waals surface area contributed by atoms with Crippen LogP contribution in [0.3, 0.4) is 0 Å². The minimum Gasteiger partial charge on any atom is -0.504 e. The first-order valence-corrected chi connectivity index (χ1v) is 8.03. The van der Waals surface area contributed by atoms with Crippen LogP contribution in [0.15, 0.2) is 41.1 Å². The first-order chi connectivity index (χ1) is 12.4. The molecule has 2 aliphatic rings. The number of allylic oxidation sites excluding steroid dienone is 2. The van der Waals surface area contributed by atoms with Crippen LogP contribution in [0.25, 0.3) is 0 Å². The van der Waals surface area contributed by atoms with Crippen LogP contribution in [0, 0.1) is 45.3 Å². The van der Waals surface area contributed by atoms with Crippen molar-refractivity contribution in [2.75, 3.05) is 20.1 Å². The van der Waals surface area contributed by atoms with Crippen molar-refractivity contribution in [2.24, 2.45) is 17.1 Å². The molecule has 1 aliphatic carbocycles. The Bertz CT molecular complexity index is 944. The summed E-state index contributed by atoms with van der Waals surface area (Å²) in [5, 5.41) is 48.9. The second kappa shape index (κ2) is 6.11. The highest BCUT2D eigenvalue weighted by Crippen LogP contribution is 2.54. The lowest BCUT2D eigenvalue weighted by Crippen LogP contribution is -2.47. The third kappa shape index (κ3) is 2.29. The molecule has 0 amide bonds. The second-order valence-corrected chi connectivity index (χ2v) is 6.65. The summed E-state index contributed by atoms with van der Waals surface area (Å²) in [6, 6.07) is 10.3. The van der Waals surface area contributed by atoms with E-state index in [0.29, 0.717) is 18.7 Å². The number of nitrogens with zero attached hydrogens (tertiary/aromatic N) is 4. The molecule has 0 spiro atoms. The molecule has 0 saturated carbocycles. The van der Waals surface area contributed by atoms with Crippen molar-refractivity contribution >= 4 is 0 Å². The Morgan fingerprint density at radius 2 is 1.88 bits per heavy atom. The molecule has 7 heteroatoms. The summed E-state index contributed by atoms with van der Waals surface area (Å²) in [5.74, 6) is -1.63. The molecule has 0 bridgehead atoms. The van der Waals surface area contributed by atoms with Crippen molar-refractivity contribution in [2.45, 2.75) is 5.92 Å². The Morgan fingerprint density at radius 3 is 2.46 bits per heavy atom. The molecular weight excluding hydrogens is 330 g/mol. The summed E-state index contributed by atoms with van der Waals surface area (Å²) < 4.78 is 0. The maximum atomic E-state index is 9.92. The van der Waals surface area contributed by atoms with Crippen molar-refractivity contribution < 1.29 is 10.2 Å². The molecule has 0 saturated heterocycles. The molecule has 0 fully saturated rings. The number of fused-ring (bicyclic) bond motifs is 1. The van der Waals surface area contributed by atoms with Crippen LogP contribution in [0.1, 0.15) is 11.5 Å². The molecule has 0 aromatic heterocycles. The zero-order chi connectivity index (χ0) is 19.1. The van der Waals surface area contributed by atoms with E-state index in [4.69, 9.17) is 5.73 Å². The Kier molecular flexibility index (Phi) is 4.08. The van der Waals surface area contributed by atoms with Gasteiger partial charge in [-0.2, -0.15) is 15.8 Å². The molecular formula is C19H17N5O2. The quantitative estimate of drug-likeness (QED) is 0.653. The number of benzene rings is 1. The number of nitrogens with two attached hydrogens (primary N) is 1. The number of likely N-dealkylation sites (N-methyl/N-ethyl adjacent to an activating group) is 1. The van der Waals surface area contributed by atoms with Crippen molar-refractivity contribution in [3.8, 4) is 29.7 Å². The summed E-state index contributed by atoms with van der Waals surface area (Å²) in [6.45, 7) is 1.16. The van der Waals surface area contributed by atoms with Crippen molar-refractivity contribution in [1.29, 1.82) is 15.8 Å². The Balaban J connectivity index is 2.34. The van der Waals surface area contributed by atoms with Gasteiger partial charge in [-0.05, 0) is 30.3 Å². The van der Waals surface area contributed by atoms with Crippen LogP contribution in [-0.2, 0) is 0 Å². The highest BCUT2D eigenvalue weighted by atomic mass is 16.3. The van der Waals surface area contributed by atoms with E-state index in [9.17, 15) is 26.0 Å². The standard InChI is InChI=1S/C19H17N5O2/c1-24-5-4-12-13(7-20)18(23)19(9-21,10-22)17(14(12)8-24)11-2-3-15(25)16(26)6-11/h2-4,6,14,17,25-26H,5,8,23H2,1H3/t14-,17-/m1/s1. The average molecular weight is 347 g/mol. The van der Waals surface area contributed by atoms with Crippen molar-refractivity contribution in [3.05, 3.63) is 46.7 Å². The van der Waals surface area contributed by atoms with Gasteiger partial charge in [-0.3, -0.25) is 0 Å². The van der Waals surface area contributed by atoms with E-state index in [-0.39, 0.29) is 28.7 Å². The fraction of sp³-hybridized carbons (Fsp3) is 0.316. The number of hydrogen-bond acceptors (Lipinski definition) is 7. The van der Waals surface area contributed by atoms with E-state index < -0.39 is 11.3 Å². The zero-order valence-corrected chi connectivity index (χ0v) is 14.1. The number of aromatic hydroxyl groups is 2.